The maximum Gasteiger partial charge on any atom is 0.336 e. The van der Waals surface area contributed by atoms with Crippen molar-refractivity contribution in [3.63, 3.8) is 0 Å². The zero-order chi connectivity index (χ0) is 15.9. The highest BCUT2D eigenvalue weighted by Gasteiger charge is 2.26. The van der Waals surface area contributed by atoms with Gasteiger partial charge in [-0.3, -0.25) is 4.79 Å². The van der Waals surface area contributed by atoms with Gasteiger partial charge in [-0.25, -0.2) is 4.79 Å². The molecule has 2 aromatic carbocycles. The van der Waals surface area contributed by atoms with Crippen LogP contribution in [0.3, 0.4) is 0 Å². The van der Waals surface area contributed by atoms with E-state index in [2.05, 4.69) is 0 Å². The number of hydrogen-bond donors (Lipinski definition) is 2. The van der Waals surface area contributed by atoms with Gasteiger partial charge in [-0.1, -0.05) is 0 Å². The van der Waals surface area contributed by atoms with Gasteiger partial charge in [-0.15, -0.1) is 0 Å². The minimum Gasteiger partial charge on any atom is -0.507 e. The van der Waals surface area contributed by atoms with Crippen molar-refractivity contribution in [3.05, 3.63) is 64.2 Å². The molecule has 5 nitrogen and oxygen atoms in total. The number of benzene rings is 2. The van der Waals surface area contributed by atoms with Crippen LogP contribution in [0.15, 0.2) is 36.4 Å². The Morgan fingerprint density at radius 1 is 1.09 bits per heavy atom. The molecular formula is C17H9NO4. The lowest BCUT2D eigenvalue weighted by Gasteiger charge is -2.18. The predicted molar refractivity (Wildman–Crippen MR) is 78.2 cm³/mol. The molecular weight excluding hydrogens is 282 g/mol. The van der Waals surface area contributed by atoms with E-state index in [-0.39, 0.29) is 22.7 Å². The molecule has 3 rings (SSSR count). The summed E-state index contributed by atoms with van der Waals surface area (Å²) in [5.41, 5.74) is 2.02. The average Bonchev–Trinajstić information content (AvgIpc) is 2.50. The van der Waals surface area contributed by atoms with Crippen LogP contribution in [0.1, 0.15) is 32.6 Å². The Bertz CT molecular complexity index is 886. The summed E-state index contributed by atoms with van der Waals surface area (Å²) in [5, 5.41) is 27.7. The molecule has 22 heavy (non-hydrogen) atoms. The van der Waals surface area contributed by atoms with Crippen LogP contribution in [0.4, 0.5) is 0 Å². The normalized spacial score (nSPS) is 11.7. The van der Waals surface area contributed by atoms with Gasteiger partial charge in [-0.05, 0) is 53.6 Å². The summed E-state index contributed by atoms with van der Waals surface area (Å²) in [4.78, 5) is 23.3. The van der Waals surface area contributed by atoms with Crippen LogP contribution in [0.5, 0.6) is 5.75 Å². The van der Waals surface area contributed by atoms with Crippen molar-refractivity contribution in [2.45, 2.75) is 0 Å². The molecule has 0 fully saturated rings. The second-order valence-corrected chi connectivity index (χ2v) is 4.84. The number of carbonyl (C=O) groups excluding carboxylic acids is 1. The van der Waals surface area contributed by atoms with Gasteiger partial charge in [0.25, 0.3) is 0 Å². The number of fused-ring (bicyclic) bond motifs is 1. The van der Waals surface area contributed by atoms with Crippen molar-refractivity contribution in [2.24, 2.45) is 0 Å². The predicted octanol–water partition coefficient (Wildman–Crippen LogP) is 2.43. The number of hydrogen-bond acceptors (Lipinski definition) is 4. The number of phenolic OH excluding ortho intramolecular Hbond substituents is 1. The molecule has 0 amide bonds. The smallest absolute Gasteiger partial charge is 0.336 e. The van der Waals surface area contributed by atoms with E-state index in [1.807, 2.05) is 6.07 Å². The summed E-state index contributed by atoms with van der Waals surface area (Å²) < 4.78 is 0. The van der Waals surface area contributed by atoms with Crippen LogP contribution in [0.2, 0.25) is 0 Å². The number of carboxylic acid groups (broad SMARTS) is 1. The summed E-state index contributed by atoms with van der Waals surface area (Å²) >= 11 is 0. The summed E-state index contributed by atoms with van der Waals surface area (Å²) in [6.07, 6.45) is 1.45. The van der Waals surface area contributed by atoms with Crippen molar-refractivity contribution >= 4 is 23.4 Å². The van der Waals surface area contributed by atoms with Gasteiger partial charge in [0, 0.05) is 5.56 Å². The average molecular weight is 291 g/mol. The molecule has 1 aliphatic rings. The number of aromatic hydroxyl groups is 1. The van der Waals surface area contributed by atoms with Crippen LogP contribution in [-0.4, -0.2) is 22.0 Å². The first-order valence-corrected chi connectivity index (χ1v) is 6.38. The lowest BCUT2D eigenvalue weighted by molar-refractivity contribution is -0.130. The van der Waals surface area contributed by atoms with Crippen LogP contribution in [0.25, 0.3) is 11.6 Å². The van der Waals surface area contributed by atoms with E-state index >= 15 is 0 Å². The van der Waals surface area contributed by atoms with Gasteiger partial charge in [0.1, 0.15) is 5.75 Å². The van der Waals surface area contributed by atoms with Crippen molar-refractivity contribution in [2.75, 3.05) is 0 Å². The summed E-state index contributed by atoms with van der Waals surface area (Å²) in [6.45, 7) is 0. The van der Waals surface area contributed by atoms with Crippen LogP contribution in [-0.2, 0) is 4.79 Å². The number of ketones is 1. The second kappa shape index (κ2) is 4.86. The molecule has 0 unspecified atom stereocenters. The number of nitriles is 1. The number of nitrogens with zero attached hydrogens (tertiary/aromatic N) is 1. The largest absolute Gasteiger partial charge is 0.507 e. The fourth-order valence-electron chi connectivity index (χ4n) is 2.32. The van der Waals surface area contributed by atoms with Crippen LogP contribution < -0.4 is 0 Å². The molecule has 0 bridgehead atoms. The van der Waals surface area contributed by atoms with E-state index in [0.717, 1.165) is 0 Å². The fraction of sp³-hybridized carbons (Fsp3) is 0. The van der Waals surface area contributed by atoms with E-state index in [1.54, 1.807) is 0 Å². The lowest BCUT2D eigenvalue weighted by Crippen LogP contribution is -2.11. The molecule has 0 atom stereocenters. The van der Waals surface area contributed by atoms with E-state index in [9.17, 15) is 14.7 Å². The Morgan fingerprint density at radius 2 is 1.77 bits per heavy atom. The molecule has 106 valence electrons. The summed E-state index contributed by atoms with van der Waals surface area (Å²) in [7, 11) is 0. The molecule has 2 N–H and O–H groups in total. The first-order valence-electron chi connectivity index (χ1n) is 6.38. The Labute approximate surface area is 125 Å². The Kier molecular flexibility index (Phi) is 3.00. The molecule has 0 saturated carbocycles. The number of carbonyl (C=O) groups is 2. The topological polar surface area (TPSA) is 98.4 Å². The van der Waals surface area contributed by atoms with E-state index in [4.69, 9.17) is 10.4 Å². The Hall–Kier alpha value is -3.39. The molecule has 0 aliphatic heterocycles. The molecule has 0 spiro atoms. The van der Waals surface area contributed by atoms with Crippen LogP contribution >= 0.6 is 0 Å². The van der Waals surface area contributed by atoms with Gasteiger partial charge in [-0.2, -0.15) is 5.26 Å². The maximum absolute atomic E-state index is 12.4. The van der Waals surface area contributed by atoms with Gasteiger partial charge in [0.15, 0.2) is 5.78 Å². The molecule has 0 aromatic heterocycles. The highest BCUT2D eigenvalue weighted by molar-refractivity contribution is 6.27. The van der Waals surface area contributed by atoms with Crippen LogP contribution in [0, 0.1) is 11.3 Å². The van der Waals surface area contributed by atoms with Gasteiger partial charge in [0.05, 0.1) is 22.8 Å². The third-order valence-corrected chi connectivity index (χ3v) is 3.51. The van der Waals surface area contributed by atoms with Gasteiger partial charge in [0.2, 0.25) is 0 Å². The molecule has 0 heterocycles. The second-order valence-electron chi connectivity index (χ2n) is 4.84. The Morgan fingerprint density at radius 3 is 2.36 bits per heavy atom. The van der Waals surface area contributed by atoms with E-state index in [0.29, 0.717) is 22.3 Å². The minimum atomic E-state index is -1.07. The molecule has 0 saturated heterocycles. The van der Waals surface area contributed by atoms with Gasteiger partial charge >= 0.3 is 5.97 Å². The third-order valence-electron chi connectivity index (χ3n) is 3.51. The third kappa shape index (κ3) is 2.03. The van der Waals surface area contributed by atoms with Crippen molar-refractivity contribution < 1.29 is 19.8 Å². The zero-order valence-electron chi connectivity index (χ0n) is 11.2. The number of phenols is 1. The number of carboxylic acids is 1. The lowest BCUT2D eigenvalue weighted by atomic mass is 9.85. The van der Waals surface area contributed by atoms with Crippen molar-refractivity contribution in [1.29, 1.82) is 5.26 Å². The Balaban J connectivity index is 1.98. The van der Waals surface area contributed by atoms with Crippen molar-refractivity contribution in [1.82, 2.24) is 0 Å². The van der Waals surface area contributed by atoms with Crippen molar-refractivity contribution in [3.8, 4) is 11.8 Å². The molecule has 0 radical (unpaired) electrons. The quantitative estimate of drug-likeness (QED) is 0.846. The first kappa shape index (κ1) is 13.6. The monoisotopic (exact) mass is 291 g/mol. The molecule has 5 heteroatoms. The maximum atomic E-state index is 12.4. The van der Waals surface area contributed by atoms with E-state index < -0.39 is 5.97 Å². The van der Waals surface area contributed by atoms with Gasteiger partial charge < -0.3 is 10.2 Å². The standard InChI is InChI=1S/C17H9NO4/c18-8-9-1-3-10(4-2-9)16(20)14-6-11-5-13(17(21)22)12(11)7-15(14)19/h1-7,19H,(H,21,22). The number of aliphatic carboxylic acids is 1. The number of rotatable bonds is 3. The first-order chi connectivity index (χ1) is 10.5. The zero-order valence-corrected chi connectivity index (χ0v) is 11.2. The summed E-state index contributed by atoms with van der Waals surface area (Å²) in [6, 6.07) is 10.8. The fourth-order valence-corrected chi connectivity index (χ4v) is 2.32. The minimum absolute atomic E-state index is 0.101. The molecule has 1 aliphatic carbocycles. The van der Waals surface area contributed by atoms with E-state index in [1.165, 1.54) is 42.5 Å². The highest BCUT2D eigenvalue weighted by Crippen LogP contribution is 2.37. The SMILES string of the molecule is N#Cc1ccc(C(=O)c2cc3c(cc2O)C(C(=O)O)=C3)cc1. The summed E-state index contributed by atoms with van der Waals surface area (Å²) in [5.74, 6) is -1.72. The molecule has 2 aromatic rings. The highest BCUT2D eigenvalue weighted by atomic mass is 16.4.